The Hall–Kier alpha value is -2.49. The van der Waals surface area contributed by atoms with Crippen LogP contribution < -0.4 is 15.0 Å². The number of nitrogens with one attached hydrogen (secondary N) is 1. The molecule has 1 aliphatic heterocycles. The van der Waals surface area contributed by atoms with Gasteiger partial charge in [-0.3, -0.25) is 4.79 Å². The minimum Gasteiger partial charge on any atom is -0.481 e. The van der Waals surface area contributed by atoms with Crippen LogP contribution in [-0.2, 0) is 24.1 Å². The molecule has 0 radical (unpaired) electrons. The first-order chi connectivity index (χ1) is 14.2. The van der Waals surface area contributed by atoms with E-state index in [1.54, 1.807) is 0 Å². The van der Waals surface area contributed by atoms with Crippen molar-refractivity contribution in [3.05, 3.63) is 59.2 Å². The summed E-state index contributed by atoms with van der Waals surface area (Å²) in [4.78, 5) is 15.0. The molecule has 4 rings (SSSR count). The van der Waals surface area contributed by atoms with Gasteiger partial charge in [-0.15, -0.1) is 0 Å². The van der Waals surface area contributed by atoms with Crippen LogP contribution in [0.5, 0.6) is 5.75 Å². The Labute approximate surface area is 174 Å². The van der Waals surface area contributed by atoms with Gasteiger partial charge in [0.25, 0.3) is 5.91 Å². The van der Waals surface area contributed by atoms with Gasteiger partial charge in [0.1, 0.15) is 5.75 Å². The van der Waals surface area contributed by atoms with E-state index in [0.717, 1.165) is 44.5 Å². The number of amides is 1. The minimum atomic E-state index is -0.427. The van der Waals surface area contributed by atoms with Crippen LogP contribution in [0, 0.1) is 0 Å². The molecule has 2 aliphatic rings. The molecule has 0 fully saturated rings. The Morgan fingerprint density at radius 3 is 2.76 bits per heavy atom. The van der Waals surface area contributed by atoms with Gasteiger partial charge in [-0.05, 0) is 79.8 Å². The van der Waals surface area contributed by atoms with Crippen molar-refractivity contribution in [2.75, 3.05) is 24.5 Å². The first-order valence-electron chi connectivity index (χ1n) is 11.1. The van der Waals surface area contributed by atoms with Gasteiger partial charge in [0.2, 0.25) is 0 Å². The highest BCUT2D eigenvalue weighted by Gasteiger charge is 2.20. The van der Waals surface area contributed by atoms with Crippen LogP contribution in [-0.4, -0.2) is 31.6 Å². The highest BCUT2D eigenvalue weighted by atomic mass is 16.5. The molecule has 1 amide bonds. The van der Waals surface area contributed by atoms with Crippen molar-refractivity contribution in [3.8, 4) is 5.75 Å². The molecular weight excluding hydrogens is 360 g/mol. The van der Waals surface area contributed by atoms with Crippen LogP contribution in [0.2, 0.25) is 0 Å². The van der Waals surface area contributed by atoms with Gasteiger partial charge in [0, 0.05) is 25.3 Å². The summed E-state index contributed by atoms with van der Waals surface area (Å²) in [7, 11) is 0. The number of hydrogen-bond acceptors (Lipinski definition) is 3. The number of benzene rings is 2. The van der Waals surface area contributed by atoms with Gasteiger partial charge in [-0.25, -0.2) is 0 Å². The average molecular weight is 393 g/mol. The maximum atomic E-state index is 12.6. The van der Waals surface area contributed by atoms with Crippen molar-refractivity contribution in [2.45, 2.75) is 58.0 Å². The molecule has 0 aromatic heterocycles. The van der Waals surface area contributed by atoms with Crippen molar-refractivity contribution in [1.82, 2.24) is 5.32 Å². The quantitative estimate of drug-likeness (QED) is 0.682. The number of carbonyl (C=O) groups is 1. The molecule has 1 atom stereocenters. The first-order valence-corrected chi connectivity index (χ1v) is 11.1. The molecule has 1 heterocycles. The molecule has 1 aliphatic carbocycles. The third kappa shape index (κ3) is 4.75. The summed E-state index contributed by atoms with van der Waals surface area (Å²) in [6.45, 7) is 4.73. The Balaban J connectivity index is 1.24. The van der Waals surface area contributed by atoms with E-state index in [0.29, 0.717) is 13.0 Å². The summed E-state index contributed by atoms with van der Waals surface area (Å²) >= 11 is 0. The normalized spacial score (nSPS) is 16.1. The molecule has 0 unspecified atom stereocenters. The third-order valence-electron chi connectivity index (χ3n) is 6.15. The number of aryl methyl sites for hydroxylation is 2. The zero-order chi connectivity index (χ0) is 20.1. The van der Waals surface area contributed by atoms with Gasteiger partial charge in [0.05, 0.1) is 0 Å². The predicted molar refractivity (Wildman–Crippen MR) is 118 cm³/mol. The molecule has 2 aromatic rings. The van der Waals surface area contributed by atoms with Crippen LogP contribution in [0.25, 0.3) is 0 Å². The van der Waals surface area contributed by atoms with Crippen molar-refractivity contribution in [1.29, 1.82) is 0 Å². The summed E-state index contributed by atoms with van der Waals surface area (Å²) in [5.41, 5.74) is 5.60. The van der Waals surface area contributed by atoms with Gasteiger partial charge in [-0.1, -0.05) is 31.2 Å². The number of ether oxygens (including phenoxy) is 1. The minimum absolute atomic E-state index is 0.00737. The lowest BCUT2D eigenvalue weighted by atomic mass is 9.92. The molecule has 0 spiro atoms. The second-order valence-electron chi connectivity index (χ2n) is 8.16. The third-order valence-corrected chi connectivity index (χ3v) is 6.15. The van der Waals surface area contributed by atoms with Crippen LogP contribution >= 0.6 is 0 Å². The van der Waals surface area contributed by atoms with Crippen LogP contribution in [0.15, 0.2) is 42.5 Å². The monoisotopic (exact) mass is 392 g/mol. The number of nitrogens with zero attached hydrogens (tertiary/aromatic N) is 1. The van der Waals surface area contributed by atoms with E-state index < -0.39 is 6.10 Å². The van der Waals surface area contributed by atoms with Crippen LogP contribution in [0.4, 0.5) is 5.69 Å². The van der Waals surface area contributed by atoms with Crippen molar-refractivity contribution in [3.63, 3.8) is 0 Å². The maximum absolute atomic E-state index is 12.6. The molecule has 29 heavy (non-hydrogen) atoms. The fraction of sp³-hybridized carbons (Fsp3) is 0.480. The van der Waals surface area contributed by atoms with Crippen LogP contribution in [0.3, 0.4) is 0 Å². The molecule has 0 saturated carbocycles. The van der Waals surface area contributed by atoms with E-state index in [9.17, 15) is 4.79 Å². The first kappa shape index (κ1) is 19.8. The second kappa shape index (κ2) is 9.34. The highest BCUT2D eigenvalue weighted by molar-refractivity contribution is 5.81. The van der Waals surface area contributed by atoms with E-state index in [2.05, 4.69) is 46.6 Å². The molecule has 2 aromatic carbocycles. The van der Waals surface area contributed by atoms with Gasteiger partial charge in [0.15, 0.2) is 6.10 Å². The fourth-order valence-corrected chi connectivity index (χ4v) is 4.50. The Bertz CT molecular complexity index is 848. The van der Waals surface area contributed by atoms with E-state index in [-0.39, 0.29) is 5.91 Å². The van der Waals surface area contributed by atoms with E-state index >= 15 is 0 Å². The number of anilines is 1. The number of fused-ring (bicyclic) bond motifs is 2. The molecule has 1 N–H and O–H groups in total. The smallest absolute Gasteiger partial charge is 0.261 e. The van der Waals surface area contributed by atoms with E-state index in [1.807, 2.05) is 13.0 Å². The molecule has 0 saturated heterocycles. The zero-order valence-electron chi connectivity index (χ0n) is 17.5. The fourth-order valence-electron chi connectivity index (χ4n) is 4.50. The molecule has 4 nitrogen and oxygen atoms in total. The number of para-hydroxylation sites is 1. The Morgan fingerprint density at radius 2 is 1.90 bits per heavy atom. The van der Waals surface area contributed by atoms with Crippen molar-refractivity contribution < 1.29 is 9.53 Å². The maximum Gasteiger partial charge on any atom is 0.261 e. The summed E-state index contributed by atoms with van der Waals surface area (Å²) in [5.74, 6) is 0.813. The summed E-state index contributed by atoms with van der Waals surface area (Å²) in [5, 5.41) is 3.07. The van der Waals surface area contributed by atoms with Gasteiger partial charge >= 0.3 is 0 Å². The molecule has 0 bridgehead atoms. The Morgan fingerprint density at radius 1 is 1.07 bits per heavy atom. The predicted octanol–water partition coefficient (Wildman–Crippen LogP) is 4.29. The summed E-state index contributed by atoms with van der Waals surface area (Å²) in [6.07, 6.45) is 7.10. The number of hydrogen-bond donors (Lipinski definition) is 1. The Kier molecular flexibility index (Phi) is 6.38. The number of rotatable bonds is 8. The van der Waals surface area contributed by atoms with Crippen LogP contribution in [0.1, 0.15) is 49.3 Å². The highest BCUT2D eigenvalue weighted by Crippen LogP contribution is 2.27. The lowest BCUT2D eigenvalue weighted by molar-refractivity contribution is -0.128. The lowest BCUT2D eigenvalue weighted by Crippen LogP contribution is -2.39. The molecular formula is C25H32N2O2. The standard InChI is InChI=1S/C25H32N2O2/c1-2-24(29-22-13-12-19-8-3-4-10-21(19)18-22)25(28)26-15-7-16-27-17-14-20-9-5-6-11-23(20)27/h5-6,9,11-13,18,24H,2-4,7-8,10,14-17H2,1H3,(H,26,28)/t24-/m0/s1. The van der Waals surface area contributed by atoms with E-state index in [1.165, 1.54) is 35.2 Å². The average Bonchev–Trinajstić information content (AvgIpc) is 3.18. The summed E-state index contributed by atoms with van der Waals surface area (Å²) in [6, 6.07) is 14.9. The van der Waals surface area contributed by atoms with Gasteiger partial charge in [-0.2, -0.15) is 0 Å². The molecule has 4 heteroatoms. The topological polar surface area (TPSA) is 41.6 Å². The number of carbonyl (C=O) groups excluding carboxylic acids is 1. The zero-order valence-corrected chi connectivity index (χ0v) is 17.5. The lowest BCUT2D eigenvalue weighted by Gasteiger charge is -2.21. The van der Waals surface area contributed by atoms with Crippen molar-refractivity contribution >= 4 is 11.6 Å². The summed E-state index contributed by atoms with van der Waals surface area (Å²) < 4.78 is 6.05. The second-order valence-corrected chi connectivity index (χ2v) is 8.16. The molecule has 154 valence electrons. The van der Waals surface area contributed by atoms with Gasteiger partial charge < -0.3 is 15.0 Å². The van der Waals surface area contributed by atoms with E-state index in [4.69, 9.17) is 4.74 Å². The van der Waals surface area contributed by atoms with Crippen molar-refractivity contribution in [2.24, 2.45) is 0 Å². The SMILES string of the molecule is CC[C@H](Oc1ccc2c(c1)CCCC2)C(=O)NCCCN1CCc2ccccc21. The largest absolute Gasteiger partial charge is 0.481 e.